The lowest BCUT2D eigenvalue weighted by molar-refractivity contribution is 0.0591. The van der Waals surface area contributed by atoms with Crippen LogP contribution in [0.3, 0.4) is 0 Å². The molecule has 4 rings (SSSR count). The van der Waals surface area contributed by atoms with Gasteiger partial charge in [0.05, 0.1) is 0 Å². The van der Waals surface area contributed by atoms with Crippen molar-refractivity contribution in [3.63, 3.8) is 0 Å². The van der Waals surface area contributed by atoms with Gasteiger partial charge in [0, 0.05) is 0 Å². The second kappa shape index (κ2) is 9.97. The number of hydrogen-bond acceptors (Lipinski definition) is 0. The van der Waals surface area contributed by atoms with Crippen LogP contribution in [0.5, 0.6) is 0 Å². The smallest absolute Gasteiger partial charge is 0.00333 e. The van der Waals surface area contributed by atoms with E-state index in [4.69, 9.17) is 0 Å². The van der Waals surface area contributed by atoms with Gasteiger partial charge in [-0.25, -0.2) is 0 Å². The minimum atomic E-state index is 0.284. The van der Waals surface area contributed by atoms with Crippen molar-refractivity contribution in [2.24, 2.45) is 11.8 Å². The molecule has 2 fully saturated rings. The number of benzene rings is 2. The second-order valence-electron chi connectivity index (χ2n) is 12.0. The average Bonchev–Trinajstić information content (AvgIpc) is 2.79. The molecule has 0 aromatic heterocycles. The van der Waals surface area contributed by atoms with Crippen LogP contribution >= 0.6 is 0 Å². The van der Waals surface area contributed by atoms with Crippen LogP contribution in [0, 0.1) is 11.8 Å². The second-order valence-corrected chi connectivity index (χ2v) is 12.0. The Labute approximate surface area is 204 Å². The molecule has 2 aliphatic carbocycles. The lowest BCUT2D eigenvalue weighted by Gasteiger charge is -2.55. The van der Waals surface area contributed by atoms with E-state index in [1.807, 2.05) is 0 Å². The minimum absolute atomic E-state index is 0.284. The van der Waals surface area contributed by atoms with Crippen molar-refractivity contribution in [3.05, 3.63) is 69.8 Å². The summed E-state index contributed by atoms with van der Waals surface area (Å²) in [6.07, 6.45) is 14.1. The minimum Gasteiger partial charge on any atom is -0.0651 e. The molecule has 0 heterocycles. The van der Waals surface area contributed by atoms with Crippen LogP contribution < -0.4 is 0 Å². The first-order chi connectivity index (χ1) is 15.9. The van der Waals surface area contributed by atoms with Gasteiger partial charge in [0.1, 0.15) is 0 Å². The van der Waals surface area contributed by atoms with Crippen molar-refractivity contribution < 1.29 is 0 Å². The van der Waals surface area contributed by atoms with Crippen LogP contribution in [0.25, 0.3) is 0 Å². The van der Waals surface area contributed by atoms with Crippen LogP contribution in [0.2, 0.25) is 0 Å². The third-order valence-electron chi connectivity index (χ3n) is 9.14. The van der Waals surface area contributed by atoms with Crippen LogP contribution in [0.1, 0.15) is 120 Å². The summed E-state index contributed by atoms with van der Waals surface area (Å²) in [5.41, 5.74) is 10.2. The molecule has 0 nitrogen and oxygen atoms in total. The Kier molecular flexibility index (Phi) is 7.42. The quantitative estimate of drug-likeness (QED) is 0.381. The third kappa shape index (κ3) is 4.82. The van der Waals surface area contributed by atoms with E-state index >= 15 is 0 Å². The highest BCUT2D eigenvalue weighted by atomic mass is 14.5. The molecule has 0 heteroatoms. The summed E-state index contributed by atoms with van der Waals surface area (Å²) < 4.78 is 0. The first-order valence-corrected chi connectivity index (χ1v) is 14.1. The Morgan fingerprint density at radius 3 is 1.88 bits per heavy atom. The molecular formula is C33H48. The van der Waals surface area contributed by atoms with Gasteiger partial charge >= 0.3 is 0 Å². The fraction of sp³-hybridized carbons (Fsp3) is 0.636. The largest absolute Gasteiger partial charge is 0.0651 e. The van der Waals surface area contributed by atoms with E-state index in [1.54, 1.807) is 33.4 Å². The maximum atomic E-state index is 2.63. The Hall–Kier alpha value is -1.56. The molecule has 0 saturated heterocycles. The van der Waals surface area contributed by atoms with Gasteiger partial charge in [-0.05, 0) is 114 Å². The Bertz CT molecular complexity index is 947. The molecule has 2 bridgehead atoms. The standard InChI is InChI=1S/C33H48/c1-7-11-28-13-15-30(18-26(28)9-3)32(6)21-25-17-24(5)20-33(22-25,23-32)31-16-14-29(12-8-2)27(10-4)19-31/h13-16,18-19,24-25H,7-12,17,20-23H2,1-6H3. The fourth-order valence-electron chi connectivity index (χ4n) is 7.99. The van der Waals surface area contributed by atoms with Gasteiger partial charge in [-0.3, -0.25) is 0 Å². The summed E-state index contributed by atoms with van der Waals surface area (Å²) in [5, 5.41) is 0. The van der Waals surface area contributed by atoms with Crippen molar-refractivity contribution in [1.29, 1.82) is 0 Å². The maximum Gasteiger partial charge on any atom is -0.00333 e. The molecule has 2 aromatic carbocycles. The Morgan fingerprint density at radius 1 is 0.727 bits per heavy atom. The summed E-state index contributed by atoms with van der Waals surface area (Å²) in [6, 6.07) is 15.2. The van der Waals surface area contributed by atoms with Gasteiger partial charge in [0.25, 0.3) is 0 Å². The van der Waals surface area contributed by atoms with Crippen molar-refractivity contribution in [1.82, 2.24) is 0 Å². The first kappa shape index (κ1) is 24.6. The molecule has 2 saturated carbocycles. The SMILES string of the molecule is CCCc1ccc(C2(C)CC3CC(C)CC(c4ccc(CCC)c(CC)c4)(C3)C2)cc1CC. The molecule has 0 aliphatic heterocycles. The van der Waals surface area contributed by atoms with E-state index in [0.717, 1.165) is 24.7 Å². The highest BCUT2D eigenvalue weighted by Gasteiger charge is 2.51. The molecule has 0 spiro atoms. The van der Waals surface area contributed by atoms with Gasteiger partial charge in [-0.2, -0.15) is 0 Å². The van der Waals surface area contributed by atoms with E-state index < -0.39 is 0 Å². The van der Waals surface area contributed by atoms with Crippen molar-refractivity contribution in [2.45, 2.75) is 123 Å². The molecule has 0 radical (unpaired) electrons. The van der Waals surface area contributed by atoms with Crippen molar-refractivity contribution in [2.75, 3.05) is 0 Å². The van der Waals surface area contributed by atoms with Gasteiger partial charge in [0.15, 0.2) is 0 Å². The van der Waals surface area contributed by atoms with Crippen LogP contribution in [-0.2, 0) is 36.5 Å². The highest BCUT2D eigenvalue weighted by Crippen LogP contribution is 2.58. The van der Waals surface area contributed by atoms with E-state index in [-0.39, 0.29) is 5.41 Å². The maximum absolute atomic E-state index is 2.63. The zero-order valence-corrected chi connectivity index (χ0v) is 22.4. The fourth-order valence-corrected chi connectivity index (χ4v) is 7.99. The zero-order valence-electron chi connectivity index (χ0n) is 22.4. The van der Waals surface area contributed by atoms with Gasteiger partial charge < -0.3 is 0 Å². The third-order valence-corrected chi connectivity index (χ3v) is 9.14. The highest BCUT2D eigenvalue weighted by molar-refractivity contribution is 5.41. The van der Waals surface area contributed by atoms with E-state index in [2.05, 4.69) is 77.9 Å². The van der Waals surface area contributed by atoms with Crippen molar-refractivity contribution in [3.8, 4) is 0 Å². The molecule has 2 aromatic rings. The zero-order chi connectivity index (χ0) is 23.6. The van der Waals surface area contributed by atoms with Crippen LogP contribution in [0.15, 0.2) is 36.4 Å². The molecule has 4 unspecified atom stereocenters. The number of fused-ring (bicyclic) bond motifs is 2. The van der Waals surface area contributed by atoms with Crippen LogP contribution in [0.4, 0.5) is 0 Å². The number of aryl methyl sites for hydroxylation is 4. The molecule has 180 valence electrons. The summed E-state index contributed by atoms with van der Waals surface area (Å²) in [4.78, 5) is 0. The Morgan fingerprint density at radius 2 is 1.30 bits per heavy atom. The van der Waals surface area contributed by atoms with E-state index in [9.17, 15) is 0 Å². The monoisotopic (exact) mass is 444 g/mol. The van der Waals surface area contributed by atoms with Gasteiger partial charge in [-0.1, -0.05) is 90.8 Å². The Balaban J connectivity index is 1.75. The van der Waals surface area contributed by atoms with Crippen molar-refractivity contribution >= 4 is 0 Å². The van der Waals surface area contributed by atoms with E-state index in [0.29, 0.717) is 5.41 Å². The molecule has 0 amide bonds. The molecule has 4 atom stereocenters. The molecule has 2 aliphatic rings. The van der Waals surface area contributed by atoms with Gasteiger partial charge in [-0.15, -0.1) is 0 Å². The lowest BCUT2D eigenvalue weighted by Crippen LogP contribution is -2.48. The summed E-state index contributed by atoms with van der Waals surface area (Å²) in [7, 11) is 0. The van der Waals surface area contributed by atoms with Crippen LogP contribution in [-0.4, -0.2) is 0 Å². The number of rotatable bonds is 8. The lowest BCUT2D eigenvalue weighted by atomic mass is 9.49. The summed E-state index contributed by atoms with van der Waals surface area (Å²) >= 11 is 0. The normalized spacial score (nSPS) is 29.3. The predicted octanol–water partition coefficient (Wildman–Crippen LogP) is 9.14. The summed E-state index contributed by atoms with van der Waals surface area (Å²) in [5.74, 6) is 1.69. The first-order valence-electron chi connectivity index (χ1n) is 14.1. The topological polar surface area (TPSA) is 0 Å². The molecule has 33 heavy (non-hydrogen) atoms. The molecular weight excluding hydrogens is 396 g/mol. The number of hydrogen-bond donors (Lipinski definition) is 0. The average molecular weight is 445 g/mol. The molecule has 0 N–H and O–H groups in total. The van der Waals surface area contributed by atoms with Gasteiger partial charge in [0.2, 0.25) is 0 Å². The van der Waals surface area contributed by atoms with E-state index in [1.165, 1.54) is 57.8 Å². The summed E-state index contributed by atoms with van der Waals surface area (Å²) in [6.45, 7) is 14.4. The predicted molar refractivity (Wildman–Crippen MR) is 144 cm³/mol.